The number of benzene rings is 1. The summed E-state index contributed by atoms with van der Waals surface area (Å²) in [6.45, 7) is 1.92. The van der Waals surface area contributed by atoms with Crippen LogP contribution in [0.1, 0.15) is 13.3 Å². The third-order valence-corrected chi connectivity index (χ3v) is 3.23. The van der Waals surface area contributed by atoms with Crippen LogP contribution in [0.2, 0.25) is 0 Å². The Hall–Kier alpha value is -1.23. The molecule has 2 N–H and O–H groups in total. The second-order valence-electron chi connectivity index (χ2n) is 3.76. The third kappa shape index (κ3) is 1.65. The van der Waals surface area contributed by atoms with Crippen molar-refractivity contribution in [2.45, 2.75) is 19.4 Å². The second kappa shape index (κ2) is 3.97. The Labute approximate surface area is 102 Å². The highest BCUT2D eigenvalue weighted by molar-refractivity contribution is 9.10. The minimum atomic E-state index is -0.405. The first-order valence-electron chi connectivity index (χ1n) is 5.07. The van der Waals surface area contributed by atoms with Gasteiger partial charge in [0.25, 0.3) is 5.91 Å². The van der Waals surface area contributed by atoms with Gasteiger partial charge in [-0.1, -0.05) is 6.92 Å². The average molecular weight is 285 g/mol. The minimum Gasteiger partial charge on any atom is -0.477 e. The van der Waals surface area contributed by atoms with Crippen LogP contribution in [0.3, 0.4) is 0 Å². The van der Waals surface area contributed by atoms with Crippen LogP contribution in [0.15, 0.2) is 16.6 Å². The smallest absolute Gasteiger partial charge is 0.267 e. The van der Waals surface area contributed by atoms with Gasteiger partial charge in [0, 0.05) is 12.7 Å². The first-order chi connectivity index (χ1) is 7.54. The fraction of sp³-hybridized carbons (Fsp3) is 0.364. The number of nitrogen functional groups attached to an aromatic ring is 1. The summed E-state index contributed by atoms with van der Waals surface area (Å²) in [5.41, 5.74) is 7.04. The zero-order valence-electron chi connectivity index (χ0n) is 9.16. The molecule has 1 unspecified atom stereocenters. The fourth-order valence-electron chi connectivity index (χ4n) is 1.75. The molecule has 0 fully saturated rings. The lowest BCUT2D eigenvalue weighted by molar-refractivity contribution is -0.126. The molecule has 0 aromatic heterocycles. The van der Waals surface area contributed by atoms with Crippen LogP contribution in [0.5, 0.6) is 5.75 Å². The van der Waals surface area contributed by atoms with Crippen LogP contribution in [0.4, 0.5) is 11.4 Å². The van der Waals surface area contributed by atoms with Gasteiger partial charge in [-0.15, -0.1) is 0 Å². The molecule has 4 nitrogen and oxygen atoms in total. The van der Waals surface area contributed by atoms with Gasteiger partial charge in [0.2, 0.25) is 0 Å². The molecule has 1 aromatic carbocycles. The molecule has 1 amide bonds. The normalized spacial score (nSPS) is 19.3. The largest absolute Gasteiger partial charge is 0.477 e. The van der Waals surface area contributed by atoms with Gasteiger partial charge in [-0.3, -0.25) is 4.79 Å². The van der Waals surface area contributed by atoms with Crippen molar-refractivity contribution in [3.63, 3.8) is 0 Å². The highest BCUT2D eigenvalue weighted by Crippen LogP contribution is 2.41. The molecule has 2 rings (SSSR count). The molecule has 0 spiro atoms. The number of carbonyl (C=O) groups excluding carboxylic acids is 1. The molecule has 1 aromatic rings. The van der Waals surface area contributed by atoms with Crippen LogP contribution >= 0.6 is 15.9 Å². The highest BCUT2D eigenvalue weighted by Gasteiger charge is 2.32. The van der Waals surface area contributed by atoms with Crippen molar-refractivity contribution in [1.82, 2.24) is 0 Å². The van der Waals surface area contributed by atoms with E-state index in [1.54, 1.807) is 24.1 Å². The molecule has 1 atom stereocenters. The summed E-state index contributed by atoms with van der Waals surface area (Å²) in [5.74, 6) is 0.649. The van der Waals surface area contributed by atoms with Crippen molar-refractivity contribution in [1.29, 1.82) is 0 Å². The van der Waals surface area contributed by atoms with Gasteiger partial charge in [-0.25, -0.2) is 0 Å². The molecule has 0 aliphatic carbocycles. The number of halogens is 1. The number of likely N-dealkylation sites (N-methyl/N-ethyl adjacent to an activating group) is 1. The Morgan fingerprint density at radius 3 is 2.88 bits per heavy atom. The summed E-state index contributed by atoms with van der Waals surface area (Å²) in [5, 5.41) is 0. The summed E-state index contributed by atoms with van der Waals surface area (Å²) >= 11 is 3.39. The number of hydrogen-bond acceptors (Lipinski definition) is 3. The van der Waals surface area contributed by atoms with Crippen molar-refractivity contribution in [3.8, 4) is 5.75 Å². The summed E-state index contributed by atoms with van der Waals surface area (Å²) in [6, 6.07) is 3.51. The second-order valence-corrected chi connectivity index (χ2v) is 4.62. The van der Waals surface area contributed by atoms with E-state index in [1.807, 2.05) is 6.92 Å². The molecule has 16 heavy (non-hydrogen) atoms. The van der Waals surface area contributed by atoms with E-state index in [9.17, 15) is 4.79 Å². The summed E-state index contributed by atoms with van der Waals surface area (Å²) in [4.78, 5) is 13.5. The Morgan fingerprint density at radius 1 is 1.56 bits per heavy atom. The van der Waals surface area contributed by atoms with Gasteiger partial charge in [-0.05, 0) is 34.5 Å². The van der Waals surface area contributed by atoms with Crippen molar-refractivity contribution < 1.29 is 9.53 Å². The van der Waals surface area contributed by atoms with Gasteiger partial charge < -0.3 is 15.4 Å². The van der Waals surface area contributed by atoms with E-state index in [0.29, 0.717) is 23.5 Å². The topological polar surface area (TPSA) is 55.6 Å². The van der Waals surface area contributed by atoms with Crippen molar-refractivity contribution in [2.75, 3.05) is 17.7 Å². The summed E-state index contributed by atoms with van der Waals surface area (Å²) in [6.07, 6.45) is 0.247. The molecule has 0 bridgehead atoms. The Kier molecular flexibility index (Phi) is 2.80. The first-order valence-corrected chi connectivity index (χ1v) is 5.87. The number of ether oxygens (including phenoxy) is 1. The number of fused-ring (bicyclic) bond motifs is 1. The van der Waals surface area contributed by atoms with Crippen molar-refractivity contribution in [3.05, 3.63) is 16.6 Å². The molecule has 0 saturated carbocycles. The first kappa shape index (κ1) is 11.3. The monoisotopic (exact) mass is 284 g/mol. The number of rotatable bonds is 1. The standard InChI is InChI=1S/C11H13BrN2O2/c1-3-9-11(15)14(2)8-5-6(13)4-7(12)10(8)16-9/h4-5,9H,3,13H2,1-2H3. The van der Waals surface area contributed by atoms with Crippen LogP contribution in [0, 0.1) is 0 Å². The van der Waals surface area contributed by atoms with Gasteiger partial charge >= 0.3 is 0 Å². The zero-order chi connectivity index (χ0) is 11.9. The van der Waals surface area contributed by atoms with Gasteiger partial charge in [0.05, 0.1) is 10.2 Å². The molecule has 1 aliphatic rings. The Morgan fingerprint density at radius 2 is 2.25 bits per heavy atom. The number of amides is 1. The third-order valence-electron chi connectivity index (χ3n) is 2.64. The minimum absolute atomic E-state index is 0.0347. The Bertz CT molecular complexity index is 448. The van der Waals surface area contributed by atoms with Gasteiger partial charge in [0.1, 0.15) is 0 Å². The summed E-state index contributed by atoms with van der Waals surface area (Å²) < 4.78 is 6.43. The van der Waals surface area contributed by atoms with Crippen LogP contribution in [0.25, 0.3) is 0 Å². The van der Waals surface area contributed by atoms with E-state index in [4.69, 9.17) is 10.5 Å². The van der Waals surface area contributed by atoms with E-state index >= 15 is 0 Å². The zero-order valence-corrected chi connectivity index (χ0v) is 10.7. The van der Waals surface area contributed by atoms with Crippen molar-refractivity contribution in [2.24, 2.45) is 0 Å². The SMILES string of the molecule is CCC1Oc2c(Br)cc(N)cc2N(C)C1=O. The molecule has 1 heterocycles. The predicted octanol–water partition coefficient (Wildman–Crippen LogP) is 2.17. The molecule has 1 aliphatic heterocycles. The number of hydrogen-bond donors (Lipinski definition) is 1. The number of carbonyl (C=O) groups is 1. The van der Waals surface area contributed by atoms with Gasteiger partial charge in [-0.2, -0.15) is 0 Å². The van der Waals surface area contributed by atoms with Crippen molar-refractivity contribution >= 4 is 33.2 Å². The average Bonchev–Trinajstić information content (AvgIpc) is 2.24. The van der Waals surface area contributed by atoms with Crippen LogP contribution < -0.4 is 15.4 Å². The highest BCUT2D eigenvalue weighted by atomic mass is 79.9. The summed E-state index contributed by atoms with van der Waals surface area (Å²) in [7, 11) is 1.73. The van der Waals surface area contributed by atoms with Crippen LogP contribution in [-0.4, -0.2) is 19.1 Å². The van der Waals surface area contributed by atoms with Crippen LogP contribution in [-0.2, 0) is 4.79 Å². The van der Waals surface area contributed by atoms with E-state index in [-0.39, 0.29) is 5.91 Å². The molecule has 5 heteroatoms. The lowest BCUT2D eigenvalue weighted by Crippen LogP contribution is -2.43. The molecule has 0 radical (unpaired) electrons. The van der Waals surface area contributed by atoms with E-state index in [2.05, 4.69) is 15.9 Å². The van der Waals surface area contributed by atoms with E-state index in [1.165, 1.54) is 0 Å². The fourth-order valence-corrected chi connectivity index (χ4v) is 2.31. The van der Waals surface area contributed by atoms with E-state index in [0.717, 1.165) is 4.47 Å². The maximum atomic E-state index is 11.9. The van der Waals surface area contributed by atoms with Gasteiger partial charge in [0.15, 0.2) is 11.9 Å². The Balaban J connectivity index is 2.54. The number of nitrogens with zero attached hydrogens (tertiary/aromatic N) is 1. The number of anilines is 2. The molecule has 86 valence electrons. The molecular formula is C11H13BrN2O2. The molecule has 0 saturated heterocycles. The predicted molar refractivity (Wildman–Crippen MR) is 66.7 cm³/mol. The maximum absolute atomic E-state index is 11.9. The quantitative estimate of drug-likeness (QED) is 0.804. The number of nitrogens with two attached hydrogens (primary N) is 1. The lowest BCUT2D eigenvalue weighted by Gasteiger charge is -2.32. The molecular weight excluding hydrogens is 272 g/mol. The van der Waals surface area contributed by atoms with E-state index < -0.39 is 6.10 Å². The lowest BCUT2D eigenvalue weighted by atomic mass is 10.1. The maximum Gasteiger partial charge on any atom is 0.267 e.